The molecule has 0 radical (unpaired) electrons. The van der Waals surface area contributed by atoms with Gasteiger partial charge < -0.3 is 10.6 Å². The van der Waals surface area contributed by atoms with Crippen LogP contribution in [0.3, 0.4) is 0 Å². The fraction of sp³-hybridized carbons (Fsp3) is 0.105. The molecule has 0 aromatic heterocycles. The first-order chi connectivity index (χ1) is 10.8. The molecule has 3 aromatic carbocycles. The van der Waals surface area contributed by atoms with Crippen LogP contribution in [0.1, 0.15) is 12.5 Å². The van der Waals surface area contributed by atoms with E-state index in [9.17, 15) is 0 Å². The van der Waals surface area contributed by atoms with Crippen molar-refractivity contribution in [2.75, 3.05) is 10.6 Å². The van der Waals surface area contributed by atoms with Gasteiger partial charge in [0.2, 0.25) is 0 Å². The fourth-order valence-corrected chi connectivity index (χ4v) is 2.73. The third kappa shape index (κ3) is 3.26. The van der Waals surface area contributed by atoms with Gasteiger partial charge in [-0.2, -0.15) is 0 Å². The van der Waals surface area contributed by atoms with E-state index >= 15 is 0 Å². The summed E-state index contributed by atoms with van der Waals surface area (Å²) in [7, 11) is 0. The number of hydrogen-bond donors (Lipinski definition) is 2. The fourth-order valence-electron chi connectivity index (χ4n) is 2.50. The zero-order chi connectivity index (χ0) is 15.4. The van der Waals surface area contributed by atoms with Crippen molar-refractivity contribution in [2.45, 2.75) is 13.3 Å². The summed E-state index contributed by atoms with van der Waals surface area (Å²) in [5.41, 5.74) is 3.30. The van der Waals surface area contributed by atoms with Gasteiger partial charge in [-0.1, -0.05) is 55.5 Å². The van der Waals surface area contributed by atoms with E-state index in [1.165, 1.54) is 16.3 Å². The van der Waals surface area contributed by atoms with Gasteiger partial charge >= 0.3 is 0 Å². The summed E-state index contributed by atoms with van der Waals surface area (Å²) in [6.07, 6.45) is 0.974. The minimum Gasteiger partial charge on any atom is -0.332 e. The van der Waals surface area contributed by atoms with Crippen LogP contribution in [-0.4, -0.2) is 5.11 Å². The molecule has 3 heteroatoms. The van der Waals surface area contributed by atoms with Gasteiger partial charge in [0.25, 0.3) is 0 Å². The molecule has 0 aliphatic carbocycles. The molecular weight excluding hydrogens is 288 g/mol. The Labute approximate surface area is 136 Å². The molecule has 0 fully saturated rings. The summed E-state index contributed by atoms with van der Waals surface area (Å²) in [5.74, 6) is 0. The number of nitrogens with one attached hydrogen (secondary N) is 2. The minimum atomic E-state index is 0.608. The molecule has 0 saturated heterocycles. The molecule has 0 amide bonds. The topological polar surface area (TPSA) is 24.1 Å². The van der Waals surface area contributed by atoms with Crippen LogP contribution in [-0.2, 0) is 6.42 Å². The monoisotopic (exact) mass is 306 g/mol. The predicted molar refractivity (Wildman–Crippen MR) is 99.6 cm³/mol. The predicted octanol–water partition coefficient (Wildman–Crippen LogP) is 5.21. The highest BCUT2D eigenvalue weighted by molar-refractivity contribution is 7.80. The Morgan fingerprint density at radius 2 is 1.59 bits per heavy atom. The van der Waals surface area contributed by atoms with E-state index in [1.807, 2.05) is 36.4 Å². The standard InChI is InChI=1S/C19H18N2S/c1-2-14-7-5-6-10-18(14)21-19(22)20-17-12-11-15-8-3-4-9-16(15)13-17/h3-13H,2H2,1H3,(H2,20,21,22). The molecule has 22 heavy (non-hydrogen) atoms. The van der Waals surface area contributed by atoms with E-state index in [0.29, 0.717) is 5.11 Å². The van der Waals surface area contributed by atoms with Gasteiger partial charge in [-0.25, -0.2) is 0 Å². The molecule has 3 aromatic rings. The van der Waals surface area contributed by atoms with Gasteiger partial charge in [0.05, 0.1) is 0 Å². The van der Waals surface area contributed by atoms with Gasteiger partial charge in [-0.15, -0.1) is 0 Å². The number of hydrogen-bond acceptors (Lipinski definition) is 1. The zero-order valence-electron chi connectivity index (χ0n) is 12.5. The SMILES string of the molecule is CCc1ccccc1NC(=S)Nc1ccc2ccccc2c1. The lowest BCUT2D eigenvalue weighted by molar-refractivity contribution is 1.14. The second-order valence-corrected chi connectivity index (χ2v) is 5.56. The second kappa shape index (κ2) is 6.58. The van der Waals surface area contributed by atoms with E-state index in [1.54, 1.807) is 0 Å². The van der Waals surface area contributed by atoms with Crippen LogP contribution < -0.4 is 10.6 Å². The number of thiocarbonyl (C=S) groups is 1. The zero-order valence-corrected chi connectivity index (χ0v) is 13.3. The Morgan fingerprint density at radius 1 is 0.864 bits per heavy atom. The molecule has 0 spiro atoms. The summed E-state index contributed by atoms with van der Waals surface area (Å²) in [4.78, 5) is 0. The van der Waals surface area contributed by atoms with Crippen molar-refractivity contribution >= 4 is 39.5 Å². The van der Waals surface area contributed by atoms with Crippen molar-refractivity contribution in [1.29, 1.82) is 0 Å². The first-order valence-corrected chi connectivity index (χ1v) is 7.82. The molecule has 2 nitrogen and oxygen atoms in total. The summed E-state index contributed by atoms with van der Waals surface area (Å²) in [6, 6.07) is 22.8. The van der Waals surface area contributed by atoms with Gasteiger partial charge in [0.1, 0.15) is 0 Å². The number of fused-ring (bicyclic) bond motifs is 1. The Bertz CT molecular complexity index is 811. The van der Waals surface area contributed by atoms with Gasteiger partial charge in [0.15, 0.2) is 5.11 Å². The molecule has 0 aliphatic heterocycles. The summed E-state index contributed by atoms with van der Waals surface area (Å²) in [6.45, 7) is 2.14. The summed E-state index contributed by atoms with van der Waals surface area (Å²) in [5, 5.41) is 9.56. The molecule has 0 atom stereocenters. The molecule has 0 unspecified atom stereocenters. The maximum atomic E-state index is 5.43. The van der Waals surface area contributed by atoms with E-state index in [0.717, 1.165) is 17.8 Å². The van der Waals surface area contributed by atoms with Gasteiger partial charge in [-0.05, 0) is 53.2 Å². The van der Waals surface area contributed by atoms with E-state index in [4.69, 9.17) is 12.2 Å². The van der Waals surface area contributed by atoms with E-state index in [2.05, 4.69) is 47.9 Å². The molecule has 0 saturated carbocycles. The van der Waals surface area contributed by atoms with Crippen LogP contribution in [0.2, 0.25) is 0 Å². The molecule has 110 valence electrons. The Kier molecular flexibility index (Phi) is 4.35. The Hall–Kier alpha value is -2.39. The Balaban J connectivity index is 1.75. The highest BCUT2D eigenvalue weighted by Crippen LogP contribution is 2.20. The summed E-state index contributed by atoms with van der Waals surface area (Å²) < 4.78 is 0. The smallest absolute Gasteiger partial charge is 0.175 e. The van der Waals surface area contributed by atoms with Crippen molar-refractivity contribution < 1.29 is 0 Å². The van der Waals surface area contributed by atoms with Gasteiger partial charge in [0, 0.05) is 11.4 Å². The number of aryl methyl sites for hydroxylation is 1. The third-order valence-corrected chi connectivity index (χ3v) is 3.86. The molecule has 3 rings (SSSR count). The number of para-hydroxylation sites is 1. The van der Waals surface area contributed by atoms with E-state index in [-0.39, 0.29) is 0 Å². The maximum Gasteiger partial charge on any atom is 0.175 e. The van der Waals surface area contributed by atoms with Crippen LogP contribution in [0, 0.1) is 0 Å². The van der Waals surface area contributed by atoms with Crippen LogP contribution in [0.4, 0.5) is 11.4 Å². The quantitative estimate of drug-likeness (QED) is 0.649. The van der Waals surface area contributed by atoms with Crippen LogP contribution in [0.25, 0.3) is 10.8 Å². The molecule has 2 N–H and O–H groups in total. The third-order valence-electron chi connectivity index (χ3n) is 3.65. The molecule has 0 heterocycles. The van der Waals surface area contributed by atoms with Crippen molar-refractivity contribution in [3.63, 3.8) is 0 Å². The highest BCUT2D eigenvalue weighted by Gasteiger charge is 2.03. The normalized spacial score (nSPS) is 10.4. The highest BCUT2D eigenvalue weighted by atomic mass is 32.1. The van der Waals surface area contributed by atoms with Gasteiger partial charge in [-0.3, -0.25) is 0 Å². The van der Waals surface area contributed by atoms with Crippen molar-refractivity contribution in [1.82, 2.24) is 0 Å². The number of rotatable bonds is 3. The van der Waals surface area contributed by atoms with Crippen LogP contribution in [0.5, 0.6) is 0 Å². The lowest BCUT2D eigenvalue weighted by atomic mass is 10.1. The maximum absolute atomic E-state index is 5.43. The van der Waals surface area contributed by atoms with E-state index < -0.39 is 0 Å². The summed E-state index contributed by atoms with van der Waals surface area (Å²) >= 11 is 5.43. The number of benzene rings is 3. The van der Waals surface area contributed by atoms with Crippen molar-refractivity contribution in [3.8, 4) is 0 Å². The molecule has 0 bridgehead atoms. The van der Waals surface area contributed by atoms with Crippen molar-refractivity contribution in [3.05, 3.63) is 72.3 Å². The average Bonchev–Trinajstić information content (AvgIpc) is 2.55. The largest absolute Gasteiger partial charge is 0.332 e. The van der Waals surface area contributed by atoms with Crippen molar-refractivity contribution in [2.24, 2.45) is 0 Å². The minimum absolute atomic E-state index is 0.608. The Morgan fingerprint density at radius 3 is 2.41 bits per heavy atom. The van der Waals surface area contributed by atoms with Crippen LogP contribution in [0.15, 0.2) is 66.7 Å². The average molecular weight is 306 g/mol. The van der Waals surface area contributed by atoms with Crippen LogP contribution >= 0.6 is 12.2 Å². The lowest BCUT2D eigenvalue weighted by Gasteiger charge is -2.13. The first-order valence-electron chi connectivity index (χ1n) is 7.41. The second-order valence-electron chi connectivity index (χ2n) is 5.15. The first kappa shape index (κ1) is 14.5. The molecule has 0 aliphatic rings. The lowest BCUT2D eigenvalue weighted by Crippen LogP contribution is -2.19. The molecular formula is C19H18N2S. The number of anilines is 2.